The number of nitrogens with one attached hydrogen (secondary N) is 2. The summed E-state index contributed by atoms with van der Waals surface area (Å²) in [6, 6.07) is 19.1. The highest BCUT2D eigenvalue weighted by Crippen LogP contribution is 2.36. The first kappa shape index (κ1) is 17.3. The van der Waals surface area contributed by atoms with Crippen LogP contribution in [0, 0.1) is 0 Å². The Bertz CT molecular complexity index is 1110. The molecule has 2 amide bonds. The number of halogens is 1. The van der Waals surface area contributed by atoms with E-state index >= 15 is 0 Å². The average Bonchev–Trinajstić information content (AvgIpc) is 3.07. The van der Waals surface area contributed by atoms with Crippen LogP contribution in [0.3, 0.4) is 0 Å². The van der Waals surface area contributed by atoms with Crippen molar-refractivity contribution in [3.63, 3.8) is 0 Å². The number of thiazole rings is 1. The summed E-state index contributed by atoms with van der Waals surface area (Å²) in [5, 5.41) is 16.9. The maximum atomic E-state index is 12.2. The molecule has 0 saturated heterocycles. The van der Waals surface area contributed by atoms with Crippen LogP contribution in [0.4, 0.5) is 16.2 Å². The van der Waals surface area contributed by atoms with E-state index in [1.807, 2.05) is 24.3 Å². The second kappa shape index (κ2) is 7.26. The lowest BCUT2D eigenvalue weighted by Crippen LogP contribution is -2.19. The highest BCUT2D eigenvalue weighted by molar-refractivity contribution is 7.21. The lowest BCUT2D eigenvalue weighted by molar-refractivity contribution is 0.262. The van der Waals surface area contributed by atoms with Crippen molar-refractivity contribution in [1.82, 2.24) is 4.98 Å². The summed E-state index contributed by atoms with van der Waals surface area (Å²) in [5.41, 5.74) is 2.57. The normalized spacial score (nSPS) is 10.7. The molecule has 3 aromatic carbocycles. The topological polar surface area (TPSA) is 74.2 Å². The number of hydrogen-bond acceptors (Lipinski definition) is 4. The van der Waals surface area contributed by atoms with E-state index in [1.165, 1.54) is 17.4 Å². The minimum absolute atomic E-state index is 0.106. The second-order valence-electron chi connectivity index (χ2n) is 5.81. The van der Waals surface area contributed by atoms with E-state index in [1.54, 1.807) is 36.4 Å². The van der Waals surface area contributed by atoms with Gasteiger partial charge in [0, 0.05) is 16.4 Å². The fourth-order valence-corrected chi connectivity index (χ4v) is 3.81. The molecule has 0 unspecified atom stereocenters. The second-order valence-corrected chi connectivity index (χ2v) is 7.28. The molecule has 1 heterocycles. The predicted molar refractivity (Wildman–Crippen MR) is 111 cm³/mol. The molecule has 0 aliphatic heterocycles. The minimum atomic E-state index is -0.404. The van der Waals surface area contributed by atoms with Crippen molar-refractivity contribution >= 4 is 50.6 Å². The van der Waals surface area contributed by atoms with Gasteiger partial charge in [0.05, 0.1) is 15.8 Å². The zero-order chi connectivity index (χ0) is 18.8. The van der Waals surface area contributed by atoms with E-state index in [-0.39, 0.29) is 5.75 Å². The zero-order valence-corrected chi connectivity index (χ0v) is 15.5. The summed E-state index contributed by atoms with van der Waals surface area (Å²) in [6.07, 6.45) is 0. The molecule has 1 aromatic heterocycles. The molecule has 0 radical (unpaired) electrons. The fraction of sp³-hybridized carbons (Fsp3) is 0. The number of rotatable bonds is 3. The van der Waals surface area contributed by atoms with Gasteiger partial charge in [-0.05, 0) is 48.5 Å². The van der Waals surface area contributed by atoms with E-state index < -0.39 is 6.03 Å². The van der Waals surface area contributed by atoms with Gasteiger partial charge in [0.1, 0.15) is 10.8 Å². The van der Waals surface area contributed by atoms with Gasteiger partial charge in [0.2, 0.25) is 0 Å². The highest BCUT2D eigenvalue weighted by atomic mass is 35.5. The van der Waals surface area contributed by atoms with E-state index in [9.17, 15) is 9.90 Å². The summed E-state index contributed by atoms with van der Waals surface area (Å²) in [6.45, 7) is 0. The van der Waals surface area contributed by atoms with Crippen molar-refractivity contribution in [1.29, 1.82) is 0 Å². The number of hydrogen-bond donors (Lipinski definition) is 3. The number of carbonyl (C=O) groups excluding carboxylic acids is 1. The molecule has 0 bridgehead atoms. The Morgan fingerprint density at radius 2 is 1.74 bits per heavy atom. The Morgan fingerprint density at radius 1 is 0.963 bits per heavy atom. The third-order valence-corrected chi connectivity index (χ3v) is 5.17. The van der Waals surface area contributed by atoms with Crippen molar-refractivity contribution in [2.45, 2.75) is 0 Å². The monoisotopic (exact) mass is 395 g/mol. The maximum Gasteiger partial charge on any atom is 0.323 e. The largest absolute Gasteiger partial charge is 0.507 e. The van der Waals surface area contributed by atoms with Crippen LogP contribution in [-0.4, -0.2) is 16.1 Å². The molecule has 3 N–H and O–H groups in total. The Balaban J connectivity index is 1.57. The maximum absolute atomic E-state index is 12.2. The summed E-state index contributed by atoms with van der Waals surface area (Å²) in [4.78, 5) is 16.8. The molecular weight excluding hydrogens is 382 g/mol. The number of phenolic OH excluding ortho intramolecular Hbond substituents is 1. The van der Waals surface area contributed by atoms with Crippen LogP contribution < -0.4 is 10.6 Å². The van der Waals surface area contributed by atoms with E-state index in [0.29, 0.717) is 27.0 Å². The number of amides is 2. The minimum Gasteiger partial charge on any atom is -0.507 e. The van der Waals surface area contributed by atoms with Gasteiger partial charge < -0.3 is 15.7 Å². The van der Waals surface area contributed by atoms with Gasteiger partial charge in [-0.25, -0.2) is 9.78 Å². The van der Waals surface area contributed by atoms with Crippen molar-refractivity contribution in [2.24, 2.45) is 0 Å². The van der Waals surface area contributed by atoms with E-state index in [2.05, 4.69) is 15.6 Å². The molecule has 7 heteroatoms. The molecule has 0 spiro atoms. The molecule has 0 saturated carbocycles. The highest BCUT2D eigenvalue weighted by Gasteiger charge is 2.12. The predicted octanol–water partition coefficient (Wildman–Crippen LogP) is 5.97. The van der Waals surface area contributed by atoms with Gasteiger partial charge in [-0.1, -0.05) is 29.8 Å². The van der Waals surface area contributed by atoms with E-state index in [4.69, 9.17) is 11.6 Å². The lowest BCUT2D eigenvalue weighted by Gasteiger charge is -2.09. The average molecular weight is 396 g/mol. The number of urea groups is 1. The molecule has 0 fully saturated rings. The summed E-state index contributed by atoms with van der Waals surface area (Å²) in [7, 11) is 0. The molecule has 0 atom stereocenters. The third kappa shape index (κ3) is 3.86. The Morgan fingerprint density at radius 3 is 2.52 bits per heavy atom. The molecule has 4 aromatic rings. The van der Waals surface area contributed by atoms with Crippen molar-refractivity contribution in [3.05, 3.63) is 71.8 Å². The first-order chi connectivity index (χ1) is 13.1. The van der Waals surface area contributed by atoms with Gasteiger partial charge in [-0.3, -0.25) is 0 Å². The fourth-order valence-electron chi connectivity index (χ4n) is 2.63. The van der Waals surface area contributed by atoms with Crippen LogP contribution in [0.2, 0.25) is 5.02 Å². The summed E-state index contributed by atoms with van der Waals surface area (Å²) >= 11 is 7.40. The zero-order valence-electron chi connectivity index (χ0n) is 13.9. The number of para-hydroxylation sites is 1. The number of benzene rings is 3. The number of phenols is 1. The molecule has 134 valence electrons. The Kier molecular flexibility index (Phi) is 4.66. The first-order valence-corrected chi connectivity index (χ1v) is 9.30. The number of carbonyl (C=O) groups is 1. The number of nitrogens with zero attached hydrogens (tertiary/aromatic N) is 1. The van der Waals surface area contributed by atoms with Gasteiger partial charge in [0.15, 0.2) is 0 Å². The smallest absolute Gasteiger partial charge is 0.323 e. The third-order valence-electron chi connectivity index (χ3n) is 3.86. The van der Waals surface area contributed by atoms with Gasteiger partial charge in [-0.2, -0.15) is 0 Å². The molecule has 5 nitrogen and oxygen atoms in total. The van der Waals surface area contributed by atoms with Crippen LogP contribution in [0.25, 0.3) is 20.8 Å². The van der Waals surface area contributed by atoms with E-state index in [0.717, 1.165) is 10.2 Å². The van der Waals surface area contributed by atoms with Crippen molar-refractivity contribution in [3.8, 4) is 16.3 Å². The quantitative estimate of drug-likeness (QED) is 0.374. The lowest BCUT2D eigenvalue weighted by atomic mass is 10.2. The first-order valence-electron chi connectivity index (χ1n) is 8.11. The molecule has 0 aliphatic carbocycles. The van der Waals surface area contributed by atoms with Crippen LogP contribution in [-0.2, 0) is 0 Å². The molecule has 4 rings (SSSR count). The van der Waals surface area contributed by atoms with Gasteiger partial charge >= 0.3 is 6.03 Å². The van der Waals surface area contributed by atoms with Crippen LogP contribution in [0.1, 0.15) is 0 Å². The standard InChI is InChI=1S/C20H14ClN3O2S/c21-12-4-3-5-13(10-12)22-20(26)23-14-8-9-17(25)15(11-14)19-24-16-6-1-2-7-18(16)27-19/h1-11,25H,(H2,22,23,26). The van der Waals surface area contributed by atoms with Gasteiger partial charge in [0.25, 0.3) is 0 Å². The number of fused-ring (bicyclic) bond motifs is 1. The molecular formula is C20H14ClN3O2S. The summed E-state index contributed by atoms with van der Waals surface area (Å²) < 4.78 is 1.03. The SMILES string of the molecule is O=C(Nc1cccc(Cl)c1)Nc1ccc(O)c(-c2nc3ccccc3s2)c1. The van der Waals surface area contributed by atoms with Crippen molar-refractivity contribution in [2.75, 3.05) is 10.6 Å². The number of aromatic nitrogens is 1. The number of aromatic hydroxyl groups is 1. The Hall–Kier alpha value is -3.09. The Labute approximate surface area is 164 Å². The van der Waals surface area contributed by atoms with Crippen LogP contribution >= 0.6 is 22.9 Å². The van der Waals surface area contributed by atoms with Crippen LogP contribution in [0.15, 0.2) is 66.7 Å². The van der Waals surface area contributed by atoms with Gasteiger partial charge in [-0.15, -0.1) is 11.3 Å². The molecule has 27 heavy (non-hydrogen) atoms. The molecule has 0 aliphatic rings. The van der Waals surface area contributed by atoms with Crippen molar-refractivity contribution < 1.29 is 9.90 Å². The summed E-state index contributed by atoms with van der Waals surface area (Å²) in [5.74, 6) is 0.106. The number of anilines is 2. The van der Waals surface area contributed by atoms with Crippen LogP contribution in [0.5, 0.6) is 5.75 Å².